The lowest BCUT2D eigenvalue weighted by Crippen LogP contribution is -1.97. The molecule has 0 saturated carbocycles. The minimum absolute atomic E-state index is 0.563. The molecule has 0 aliphatic heterocycles. The first-order chi connectivity index (χ1) is 21.7. The van der Waals surface area contributed by atoms with Gasteiger partial charge in [-0.2, -0.15) is 5.26 Å². The maximum atomic E-state index is 9.63. The number of nitrogens with zero attached hydrogens (tertiary/aromatic N) is 5. The van der Waals surface area contributed by atoms with Crippen molar-refractivity contribution < 1.29 is 0 Å². The van der Waals surface area contributed by atoms with Gasteiger partial charge < -0.3 is 9.13 Å². The number of rotatable bonds is 3. The summed E-state index contributed by atoms with van der Waals surface area (Å²) in [4.78, 5) is 7.58. The zero-order valence-electron chi connectivity index (χ0n) is 23.4. The van der Waals surface area contributed by atoms with Gasteiger partial charge >= 0.3 is 0 Å². The van der Waals surface area contributed by atoms with Crippen molar-refractivity contribution in [3.8, 4) is 28.6 Å². The fourth-order valence-electron chi connectivity index (χ4n) is 6.56. The van der Waals surface area contributed by atoms with Crippen LogP contribution in [0.2, 0.25) is 0 Å². The molecule has 8 rings (SSSR count). The highest BCUT2D eigenvalue weighted by atomic mass is 15.0. The average molecular weight is 560 g/mol. The van der Waals surface area contributed by atoms with Gasteiger partial charge in [-0.05, 0) is 65.5 Å². The predicted octanol–water partition coefficient (Wildman–Crippen LogP) is 10.5. The molecule has 2 heterocycles. The molecule has 0 radical (unpaired) electrons. The Morgan fingerprint density at radius 2 is 1.18 bits per heavy atom. The molecule has 6 aromatic carbocycles. The van der Waals surface area contributed by atoms with Gasteiger partial charge in [0.1, 0.15) is 0 Å². The molecule has 0 fully saturated rings. The quantitative estimate of drug-likeness (QED) is 0.199. The van der Waals surface area contributed by atoms with E-state index in [2.05, 4.69) is 79.5 Å². The molecule has 0 aliphatic rings. The van der Waals surface area contributed by atoms with Crippen molar-refractivity contribution >= 4 is 55.0 Å². The van der Waals surface area contributed by atoms with E-state index in [9.17, 15) is 5.26 Å². The summed E-state index contributed by atoms with van der Waals surface area (Å²) in [5.74, 6) is 0. The van der Waals surface area contributed by atoms with E-state index >= 15 is 0 Å². The van der Waals surface area contributed by atoms with Crippen LogP contribution in [-0.2, 0) is 0 Å². The fourth-order valence-corrected chi connectivity index (χ4v) is 6.56. The van der Waals surface area contributed by atoms with E-state index in [0.717, 1.165) is 66.1 Å². The van der Waals surface area contributed by atoms with Crippen LogP contribution >= 0.6 is 0 Å². The Morgan fingerprint density at radius 1 is 0.523 bits per heavy atom. The summed E-state index contributed by atoms with van der Waals surface area (Å²) in [6.45, 7) is 15.6. The molecule has 8 aromatic rings. The second kappa shape index (κ2) is 9.74. The maximum absolute atomic E-state index is 9.63. The molecule has 0 N–H and O–H groups in total. The first-order valence-electron chi connectivity index (χ1n) is 14.2. The highest BCUT2D eigenvalue weighted by Crippen LogP contribution is 2.44. The zero-order chi connectivity index (χ0) is 29.8. The molecule has 0 unspecified atom stereocenters. The first kappa shape index (κ1) is 25.1. The minimum atomic E-state index is 0.563. The molecule has 0 saturated heterocycles. The lowest BCUT2D eigenvalue weighted by Gasteiger charge is -2.15. The second-order valence-corrected chi connectivity index (χ2v) is 10.7. The molecule has 0 bridgehead atoms. The van der Waals surface area contributed by atoms with Crippen molar-refractivity contribution in [2.24, 2.45) is 0 Å². The molecule has 0 atom stereocenters. The number of hydrogen-bond donors (Lipinski definition) is 0. The smallest absolute Gasteiger partial charge is 0.210 e. The van der Waals surface area contributed by atoms with Crippen LogP contribution in [0.15, 0.2) is 127 Å². The van der Waals surface area contributed by atoms with Gasteiger partial charge in [0.2, 0.25) is 5.69 Å². The topological polar surface area (TPSA) is 42.4 Å². The molecule has 44 heavy (non-hydrogen) atoms. The van der Waals surface area contributed by atoms with E-state index in [0.29, 0.717) is 16.9 Å². The van der Waals surface area contributed by atoms with Crippen LogP contribution < -0.4 is 0 Å². The fraction of sp³-hybridized carbons (Fsp3) is 0. The van der Waals surface area contributed by atoms with E-state index in [-0.39, 0.29) is 0 Å². The first-order valence-corrected chi connectivity index (χ1v) is 14.2. The highest BCUT2D eigenvalue weighted by molar-refractivity contribution is 6.18. The Hall–Kier alpha value is -6.61. The van der Waals surface area contributed by atoms with Crippen molar-refractivity contribution in [3.63, 3.8) is 0 Å². The van der Waals surface area contributed by atoms with Gasteiger partial charge in [-0.25, -0.2) is 9.69 Å². The van der Waals surface area contributed by atoms with Gasteiger partial charge in [0.15, 0.2) is 5.69 Å². The maximum Gasteiger partial charge on any atom is 0.210 e. The van der Waals surface area contributed by atoms with Gasteiger partial charge in [-0.1, -0.05) is 72.8 Å². The molecule has 0 spiro atoms. The number of nitriles is 1. The molecular weight excluding hydrogens is 538 g/mol. The number of benzene rings is 6. The van der Waals surface area contributed by atoms with Gasteiger partial charge in [0.05, 0.1) is 58.2 Å². The molecule has 2 aromatic heterocycles. The monoisotopic (exact) mass is 559 g/mol. The van der Waals surface area contributed by atoms with Crippen LogP contribution in [0.25, 0.3) is 75.8 Å². The molecular formula is C39H21N5. The third kappa shape index (κ3) is 3.56. The third-order valence-corrected chi connectivity index (χ3v) is 8.38. The van der Waals surface area contributed by atoms with Crippen molar-refractivity contribution in [1.29, 1.82) is 5.26 Å². The summed E-state index contributed by atoms with van der Waals surface area (Å²) in [6, 6.07) is 44.5. The molecule has 5 nitrogen and oxygen atoms in total. The molecule has 0 amide bonds. The van der Waals surface area contributed by atoms with Crippen molar-refractivity contribution in [2.75, 3.05) is 0 Å². The standard InChI is InChI=1S/C39H21N5/c1-41-26-19-21-36-31(23-26)39-29(12-9-17-38(39)44(36)37-16-8-5-13-32(37)42-2)27-10-3-6-14-33(27)43-34-15-7-4-11-28(34)30-22-25(24-40)18-20-35(30)43/h3-23H. The van der Waals surface area contributed by atoms with Crippen LogP contribution in [0.3, 0.4) is 0 Å². The molecule has 202 valence electrons. The van der Waals surface area contributed by atoms with Crippen molar-refractivity contribution in [3.05, 3.63) is 156 Å². The zero-order valence-corrected chi connectivity index (χ0v) is 23.4. The number of fused-ring (bicyclic) bond motifs is 6. The van der Waals surface area contributed by atoms with E-state index in [1.807, 2.05) is 72.8 Å². The van der Waals surface area contributed by atoms with E-state index in [4.69, 9.17) is 13.1 Å². The second-order valence-electron chi connectivity index (χ2n) is 10.7. The normalized spacial score (nSPS) is 11.1. The SMILES string of the molecule is [C-]#[N+]c1ccc2c(c1)c1c(-c3ccccc3-n3c4ccccc4c4cc(C#N)ccc43)cccc1n2-c1ccccc1[N+]#[C-]. The van der Waals surface area contributed by atoms with Crippen molar-refractivity contribution in [1.82, 2.24) is 9.13 Å². The van der Waals surface area contributed by atoms with Crippen LogP contribution in [0.4, 0.5) is 11.4 Å². The Kier molecular flexibility index (Phi) is 5.56. The Morgan fingerprint density at radius 3 is 2.02 bits per heavy atom. The van der Waals surface area contributed by atoms with Crippen LogP contribution in [0.1, 0.15) is 5.56 Å². The van der Waals surface area contributed by atoms with Gasteiger partial charge in [0, 0.05) is 21.7 Å². The van der Waals surface area contributed by atoms with E-state index in [1.165, 1.54) is 0 Å². The van der Waals surface area contributed by atoms with E-state index < -0.39 is 0 Å². The number of hydrogen-bond acceptors (Lipinski definition) is 1. The summed E-state index contributed by atoms with van der Waals surface area (Å²) < 4.78 is 4.42. The Labute approximate surface area is 253 Å². The van der Waals surface area contributed by atoms with Crippen molar-refractivity contribution in [2.45, 2.75) is 0 Å². The van der Waals surface area contributed by atoms with Gasteiger partial charge in [0.25, 0.3) is 0 Å². The summed E-state index contributed by atoms with van der Waals surface area (Å²) in [5.41, 5.74) is 9.62. The van der Waals surface area contributed by atoms with Gasteiger partial charge in [-0.15, -0.1) is 0 Å². The number of para-hydroxylation sites is 4. The van der Waals surface area contributed by atoms with E-state index in [1.54, 1.807) is 0 Å². The Bertz CT molecular complexity index is 2600. The summed E-state index contributed by atoms with van der Waals surface area (Å²) in [6.07, 6.45) is 0. The minimum Gasteiger partial charge on any atom is -0.319 e. The van der Waals surface area contributed by atoms with Crippen LogP contribution in [0.5, 0.6) is 0 Å². The lowest BCUT2D eigenvalue weighted by molar-refractivity contribution is 1.18. The molecule has 5 heteroatoms. The molecule has 0 aliphatic carbocycles. The lowest BCUT2D eigenvalue weighted by atomic mass is 9.97. The summed E-state index contributed by atoms with van der Waals surface area (Å²) >= 11 is 0. The third-order valence-electron chi connectivity index (χ3n) is 8.38. The predicted molar refractivity (Wildman–Crippen MR) is 178 cm³/mol. The van der Waals surface area contributed by atoms with Crippen LogP contribution in [-0.4, -0.2) is 9.13 Å². The average Bonchev–Trinajstić information content (AvgIpc) is 3.60. The largest absolute Gasteiger partial charge is 0.319 e. The highest BCUT2D eigenvalue weighted by Gasteiger charge is 2.21. The Balaban J connectivity index is 1.50. The van der Waals surface area contributed by atoms with Gasteiger partial charge in [-0.3, -0.25) is 0 Å². The summed E-state index contributed by atoms with van der Waals surface area (Å²) in [5, 5.41) is 13.7. The summed E-state index contributed by atoms with van der Waals surface area (Å²) in [7, 11) is 0. The number of aromatic nitrogens is 2. The van der Waals surface area contributed by atoms with Crippen LogP contribution in [0, 0.1) is 24.5 Å².